The Morgan fingerprint density at radius 2 is 1.66 bits per heavy atom. The van der Waals surface area contributed by atoms with Gasteiger partial charge in [-0.2, -0.15) is 0 Å². The lowest BCUT2D eigenvalue weighted by Gasteiger charge is -2.37. The number of carbonyl (C=O) groups excluding carboxylic acids is 2. The third-order valence-corrected chi connectivity index (χ3v) is 8.03. The summed E-state index contributed by atoms with van der Waals surface area (Å²) in [6, 6.07) is 20.1. The van der Waals surface area contributed by atoms with Crippen molar-refractivity contribution >= 4 is 34.7 Å². The molecule has 1 unspecified atom stereocenters. The number of nitrogens with zero attached hydrogens (tertiary/aromatic N) is 2. The van der Waals surface area contributed by atoms with Crippen LogP contribution in [0.15, 0.2) is 76.5 Å². The molecule has 3 aromatic carbocycles. The number of ketones is 2. The molecule has 0 radical (unpaired) electrons. The van der Waals surface area contributed by atoms with Gasteiger partial charge in [0.15, 0.2) is 11.6 Å². The number of Topliss-reactive ketones (excluding diaryl/α,β-unsaturated/α-hetero) is 2. The van der Waals surface area contributed by atoms with Gasteiger partial charge in [0.25, 0.3) is 0 Å². The van der Waals surface area contributed by atoms with Crippen LogP contribution < -0.4 is 4.90 Å². The summed E-state index contributed by atoms with van der Waals surface area (Å²) >= 11 is 1.74. The van der Waals surface area contributed by atoms with Gasteiger partial charge < -0.3 is 4.90 Å². The summed E-state index contributed by atoms with van der Waals surface area (Å²) in [6.45, 7) is 4.10. The number of piperidine rings is 1. The number of benzene rings is 3. The normalized spacial score (nSPS) is 17.5. The Morgan fingerprint density at radius 1 is 0.914 bits per heavy atom. The van der Waals surface area contributed by atoms with E-state index < -0.39 is 0 Å². The van der Waals surface area contributed by atoms with Crippen molar-refractivity contribution in [1.29, 1.82) is 0 Å². The minimum atomic E-state index is -0.324. The summed E-state index contributed by atoms with van der Waals surface area (Å²) in [5.74, 6) is -0.178. The van der Waals surface area contributed by atoms with E-state index in [-0.39, 0.29) is 23.4 Å². The molecular weight excluding hydrogens is 459 g/mol. The third-order valence-electron chi connectivity index (χ3n) is 6.90. The van der Waals surface area contributed by atoms with Gasteiger partial charge in [-0.25, -0.2) is 4.39 Å². The highest BCUT2D eigenvalue weighted by molar-refractivity contribution is 7.99. The van der Waals surface area contributed by atoms with Crippen LogP contribution in [0.25, 0.3) is 0 Å². The molecular formula is C29H29FN2O2S. The van der Waals surface area contributed by atoms with Crippen LogP contribution in [0.4, 0.5) is 15.8 Å². The molecule has 2 heterocycles. The summed E-state index contributed by atoms with van der Waals surface area (Å²) in [6.07, 6.45) is 3.84. The van der Waals surface area contributed by atoms with E-state index in [1.807, 2.05) is 24.3 Å². The van der Waals surface area contributed by atoms with Crippen molar-refractivity contribution in [3.63, 3.8) is 0 Å². The molecule has 180 valence electrons. The Balaban J connectivity index is 1.33. The van der Waals surface area contributed by atoms with Crippen LogP contribution >= 0.6 is 11.8 Å². The quantitative estimate of drug-likeness (QED) is 0.344. The fraction of sp³-hybridized carbons (Fsp3) is 0.310. The lowest BCUT2D eigenvalue weighted by atomic mass is 9.94. The average molecular weight is 489 g/mol. The molecule has 2 aliphatic rings. The zero-order valence-corrected chi connectivity index (χ0v) is 20.7. The zero-order valence-electron chi connectivity index (χ0n) is 19.9. The molecule has 0 aromatic heterocycles. The smallest absolute Gasteiger partial charge is 0.179 e. The SMILES string of the molecule is CC(=O)c1ccc2c(c1)N(CCCN1CCCCC1C(=O)c1ccc(F)cc1)c1ccccc1S2. The Labute approximate surface area is 210 Å². The van der Waals surface area contributed by atoms with Gasteiger partial charge in [-0.15, -0.1) is 0 Å². The van der Waals surface area contributed by atoms with Gasteiger partial charge in [0.05, 0.1) is 17.4 Å². The van der Waals surface area contributed by atoms with Crippen LogP contribution in [0.3, 0.4) is 0 Å². The zero-order chi connectivity index (χ0) is 24.4. The third kappa shape index (κ3) is 5.04. The lowest BCUT2D eigenvalue weighted by Crippen LogP contribution is -2.45. The van der Waals surface area contributed by atoms with Crippen LogP contribution in [0.2, 0.25) is 0 Å². The van der Waals surface area contributed by atoms with E-state index in [2.05, 4.69) is 28.0 Å². The maximum absolute atomic E-state index is 13.3. The molecule has 6 heteroatoms. The van der Waals surface area contributed by atoms with Crippen LogP contribution in [0.1, 0.15) is 53.3 Å². The molecule has 2 aliphatic heterocycles. The first-order valence-electron chi connectivity index (χ1n) is 12.2. The van der Waals surface area contributed by atoms with Gasteiger partial charge in [0.2, 0.25) is 0 Å². The minimum absolute atomic E-state index is 0.0621. The van der Waals surface area contributed by atoms with Gasteiger partial charge in [0.1, 0.15) is 5.82 Å². The van der Waals surface area contributed by atoms with E-state index in [9.17, 15) is 14.0 Å². The van der Waals surface area contributed by atoms with E-state index in [0.717, 1.165) is 67.2 Å². The Hall–Kier alpha value is -2.96. The maximum atomic E-state index is 13.3. The number of rotatable bonds is 7. The maximum Gasteiger partial charge on any atom is 0.179 e. The summed E-state index contributed by atoms with van der Waals surface area (Å²) < 4.78 is 13.3. The number of hydrogen-bond donors (Lipinski definition) is 0. The predicted molar refractivity (Wildman–Crippen MR) is 139 cm³/mol. The predicted octanol–water partition coefficient (Wildman–Crippen LogP) is 6.76. The van der Waals surface area contributed by atoms with Gasteiger partial charge in [-0.3, -0.25) is 14.5 Å². The molecule has 3 aromatic rings. The fourth-order valence-corrected chi connectivity index (χ4v) is 6.16. The highest BCUT2D eigenvalue weighted by Crippen LogP contribution is 2.48. The van der Waals surface area contributed by atoms with E-state index in [1.54, 1.807) is 30.8 Å². The van der Waals surface area contributed by atoms with Crippen molar-refractivity contribution in [2.45, 2.75) is 48.4 Å². The largest absolute Gasteiger partial charge is 0.340 e. The second-order valence-electron chi connectivity index (χ2n) is 9.23. The molecule has 0 bridgehead atoms. The summed E-state index contributed by atoms with van der Waals surface area (Å²) in [5.41, 5.74) is 3.52. The molecule has 0 saturated carbocycles. The van der Waals surface area contributed by atoms with Crippen molar-refractivity contribution in [3.05, 3.63) is 83.7 Å². The molecule has 35 heavy (non-hydrogen) atoms. The Kier molecular flexibility index (Phi) is 7.02. The number of carbonyl (C=O) groups is 2. The summed E-state index contributed by atoms with van der Waals surface area (Å²) in [7, 11) is 0. The molecule has 0 amide bonds. The molecule has 0 aliphatic carbocycles. The molecule has 1 saturated heterocycles. The highest BCUT2D eigenvalue weighted by atomic mass is 32.2. The molecule has 5 rings (SSSR count). The summed E-state index contributed by atoms with van der Waals surface area (Å²) in [5, 5.41) is 0. The van der Waals surface area contributed by atoms with Crippen LogP contribution in [-0.4, -0.2) is 42.1 Å². The molecule has 1 atom stereocenters. The van der Waals surface area contributed by atoms with E-state index >= 15 is 0 Å². The highest BCUT2D eigenvalue weighted by Gasteiger charge is 2.30. The standard InChI is InChI=1S/C29H29FN2O2S/c1-20(33)22-12-15-28-26(19-22)32(24-7-2-3-9-27(24)35-28)18-6-17-31-16-5-4-8-25(31)29(34)21-10-13-23(30)14-11-21/h2-3,7,9-15,19,25H,4-6,8,16-18H2,1H3. The topological polar surface area (TPSA) is 40.6 Å². The first-order valence-corrected chi connectivity index (χ1v) is 13.1. The van der Waals surface area contributed by atoms with Gasteiger partial charge >= 0.3 is 0 Å². The number of fused-ring (bicyclic) bond motifs is 2. The van der Waals surface area contributed by atoms with Gasteiger partial charge in [-0.1, -0.05) is 36.4 Å². The number of anilines is 2. The number of halogens is 1. The minimum Gasteiger partial charge on any atom is -0.340 e. The molecule has 0 spiro atoms. The van der Waals surface area contributed by atoms with E-state index in [4.69, 9.17) is 0 Å². The van der Waals surface area contributed by atoms with Crippen molar-refractivity contribution < 1.29 is 14.0 Å². The summed E-state index contributed by atoms with van der Waals surface area (Å²) in [4.78, 5) is 32.2. The van der Waals surface area contributed by atoms with Crippen LogP contribution in [-0.2, 0) is 0 Å². The van der Waals surface area contributed by atoms with Gasteiger partial charge in [-0.05, 0) is 81.3 Å². The van der Waals surface area contributed by atoms with Crippen molar-refractivity contribution in [2.75, 3.05) is 24.5 Å². The number of likely N-dealkylation sites (tertiary alicyclic amines) is 1. The van der Waals surface area contributed by atoms with Crippen molar-refractivity contribution in [3.8, 4) is 0 Å². The number of hydrogen-bond acceptors (Lipinski definition) is 5. The van der Waals surface area contributed by atoms with Crippen LogP contribution in [0.5, 0.6) is 0 Å². The van der Waals surface area contributed by atoms with Crippen molar-refractivity contribution in [2.24, 2.45) is 0 Å². The Bertz CT molecular complexity index is 1240. The molecule has 0 N–H and O–H groups in total. The van der Waals surface area contributed by atoms with Crippen molar-refractivity contribution in [1.82, 2.24) is 4.90 Å². The second kappa shape index (κ2) is 10.3. The fourth-order valence-electron chi connectivity index (χ4n) is 5.08. The number of para-hydroxylation sites is 1. The first-order chi connectivity index (χ1) is 17.0. The molecule has 4 nitrogen and oxygen atoms in total. The first kappa shape index (κ1) is 23.8. The van der Waals surface area contributed by atoms with E-state index in [0.29, 0.717) is 5.56 Å². The molecule has 1 fully saturated rings. The Morgan fingerprint density at radius 3 is 2.46 bits per heavy atom. The van der Waals surface area contributed by atoms with Gasteiger partial charge in [0, 0.05) is 34.0 Å². The van der Waals surface area contributed by atoms with Crippen LogP contribution in [0, 0.1) is 5.82 Å². The second-order valence-corrected chi connectivity index (χ2v) is 10.3. The van der Waals surface area contributed by atoms with E-state index in [1.165, 1.54) is 17.0 Å². The lowest BCUT2D eigenvalue weighted by molar-refractivity contribution is 0.0745. The monoisotopic (exact) mass is 488 g/mol. The average Bonchev–Trinajstić information content (AvgIpc) is 2.88.